The molecule has 0 unspecified atom stereocenters. The van der Waals surface area contributed by atoms with E-state index in [2.05, 4.69) is 4.98 Å². The van der Waals surface area contributed by atoms with Gasteiger partial charge in [0.15, 0.2) is 5.75 Å². The Labute approximate surface area is 139 Å². The molecule has 0 saturated heterocycles. The quantitative estimate of drug-likeness (QED) is 0.625. The van der Waals surface area contributed by atoms with E-state index in [0.29, 0.717) is 16.9 Å². The molecule has 1 saturated carbocycles. The molecule has 4 rings (SSSR count). The summed E-state index contributed by atoms with van der Waals surface area (Å²) in [4.78, 5) is 3.98. The Morgan fingerprint density at radius 1 is 1.13 bits per heavy atom. The maximum absolute atomic E-state index is 6.04. The normalized spacial score (nSPS) is 14.5. The van der Waals surface area contributed by atoms with Gasteiger partial charge in [-0.1, -0.05) is 41.9 Å². The van der Waals surface area contributed by atoms with Crippen molar-refractivity contribution in [3.8, 4) is 22.8 Å². The summed E-state index contributed by atoms with van der Waals surface area (Å²) < 4.78 is 8.07. The fraction of sp³-hybridized carbons (Fsp3) is 0.222. The Morgan fingerprint density at radius 3 is 2.65 bits per heavy atom. The molecule has 2 aromatic heterocycles. The number of hydrogen-bond donors (Lipinski definition) is 0. The molecular weight excluding hydrogens is 310 g/mol. The highest BCUT2D eigenvalue weighted by Gasteiger charge is 2.23. The lowest BCUT2D eigenvalue weighted by atomic mass is 9.93. The molecule has 23 heavy (non-hydrogen) atoms. The maximum atomic E-state index is 6.04. The van der Waals surface area contributed by atoms with Crippen molar-refractivity contribution in [3.05, 3.63) is 60.0 Å². The lowest BCUT2D eigenvalue weighted by Crippen LogP contribution is -2.17. The van der Waals surface area contributed by atoms with Gasteiger partial charge in [0.2, 0.25) is 0 Å². The van der Waals surface area contributed by atoms with Crippen molar-refractivity contribution in [1.29, 1.82) is 0 Å². The van der Waals surface area contributed by atoms with E-state index in [9.17, 15) is 0 Å². The number of pyridine rings is 1. The molecule has 2 heterocycles. The minimum atomic E-state index is 0.412. The highest BCUT2D eigenvalue weighted by atomic mass is 35.5. The summed E-state index contributed by atoms with van der Waals surface area (Å²) in [7, 11) is 0. The van der Waals surface area contributed by atoms with Crippen molar-refractivity contribution in [2.75, 3.05) is 0 Å². The Morgan fingerprint density at radius 2 is 1.96 bits per heavy atom. The third kappa shape index (κ3) is 2.94. The van der Waals surface area contributed by atoms with Crippen LogP contribution < -0.4 is 4.74 Å². The second-order valence-electron chi connectivity index (χ2n) is 5.69. The number of benzene rings is 1. The first kappa shape index (κ1) is 14.3. The van der Waals surface area contributed by atoms with Gasteiger partial charge in [0, 0.05) is 17.8 Å². The molecule has 4 nitrogen and oxygen atoms in total. The highest BCUT2D eigenvalue weighted by Crippen LogP contribution is 2.37. The smallest absolute Gasteiger partial charge is 0.173 e. The molecule has 0 N–H and O–H groups in total. The largest absolute Gasteiger partial charge is 0.453 e. The Hall–Kier alpha value is -2.33. The van der Waals surface area contributed by atoms with Crippen LogP contribution in [0.2, 0.25) is 5.15 Å². The lowest BCUT2D eigenvalue weighted by molar-refractivity contribution is 0.289. The number of aromatic nitrogens is 3. The third-order valence-electron chi connectivity index (χ3n) is 4.12. The van der Waals surface area contributed by atoms with Crippen molar-refractivity contribution in [1.82, 2.24) is 14.8 Å². The third-order valence-corrected chi connectivity index (χ3v) is 4.33. The fourth-order valence-corrected chi connectivity index (χ4v) is 2.82. The summed E-state index contributed by atoms with van der Waals surface area (Å²) in [5, 5.41) is 5.18. The minimum Gasteiger partial charge on any atom is -0.453 e. The summed E-state index contributed by atoms with van der Waals surface area (Å²) in [6, 6.07) is 14.1. The van der Waals surface area contributed by atoms with Crippen LogP contribution >= 0.6 is 11.6 Å². The first-order chi connectivity index (χ1) is 11.3. The van der Waals surface area contributed by atoms with Gasteiger partial charge in [0.25, 0.3) is 0 Å². The van der Waals surface area contributed by atoms with Gasteiger partial charge in [-0.15, -0.1) is 0 Å². The van der Waals surface area contributed by atoms with Gasteiger partial charge < -0.3 is 4.74 Å². The van der Waals surface area contributed by atoms with E-state index in [1.165, 1.54) is 19.3 Å². The van der Waals surface area contributed by atoms with Crippen LogP contribution in [-0.2, 0) is 0 Å². The van der Waals surface area contributed by atoms with E-state index in [1.807, 2.05) is 41.2 Å². The van der Waals surface area contributed by atoms with Gasteiger partial charge in [-0.3, -0.25) is 4.68 Å². The van der Waals surface area contributed by atoms with E-state index in [-0.39, 0.29) is 0 Å². The summed E-state index contributed by atoms with van der Waals surface area (Å²) in [6.45, 7) is 0. The second-order valence-corrected chi connectivity index (χ2v) is 6.08. The lowest BCUT2D eigenvalue weighted by Gasteiger charge is -2.25. The SMILES string of the molecule is Clc1cc(Oc2cn(C3CCC3)nc2-c2ccccc2)ccn1. The van der Waals surface area contributed by atoms with Gasteiger partial charge in [-0.25, -0.2) is 4.98 Å². The molecule has 0 radical (unpaired) electrons. The van der Waals surface area contributed by atoms with Crippen LogP contribution in [0.3, 0.4) is 0 Å². The van der Waals surface area contributed by atoms with Crippen LogP contribution in [0.15, 0.2) is 54.9 Å². The van der Waals surface area contributed by atoms with Crippen LogP contribution in [0.4, 0.5) is 0 Å². The molecule has 5 heteroatoms. The molecule has 3 aromatic rings. The minimum absolute atomic E-state index is 0.412. The number of hydrogen-bond acceptors (Lipinski definition) is 3. The van der Waals surface area contributed by atoms with Crippen LogP contribution in [0.25, 0.3) is 11.3 Å². The van der Waals surface area contributed by atoms with Crippen LogP contribution in [-0.4, -0.2) is 14.8 Å². The van der Waals surface area contributed by atoms with Gasteiger partial charge in [0.1, 0.15) is 16.6 Å². The van der Waals surface area contributed by atoms with Crippen LogP contribution in [0.1, 0.15) is 25.3 Å². The fourth-order valence-electron chi connectivity index (χ4n) is 2.66. The Kier molecular flexibility index (Phi) is 3.75. The molecular formula is C18H16ClN3O. The first-order valence-corrected chi connectivity index (χ1v) is 8.11. The number of ether oxygens (including phenoxy) is 1. The topological polar surface area (TPSA) is 39.9 Å². The summed E-state index contributed by atoms with van der Waals surface area (Å²) in [5.41, 5.74) is 1.89. The summed E-state index contributed by atoms with van der Waals surface area (Å²) in [6.07, 6.45) is 7.24. The molecule has 1 aliphatic rings. The predicted octanol–water partition coefficient (Wildman–Crippen LogP) is 5.12. The Balaban J connectivity index is 1.73. The van der Waals surface area contributed by atoms with Crippen molar-refractivity contribution in [3.63, 3.8) is 0 Å². The standard InChI is InChI=1S/C18H16ClN3O/c19-17-11-15(9-10-20-17)23-16-12-22(14-7-4-8-14)21-18(16)13-5-2-1-3-6-13/h1-3,5-6,9-12,14H,4,7-8H2. The molecule has 1 aromatic carbocycles. The van der Waals surface area contributed by atoms with Gasteiger partial charge in [-0.2, -0.15) is 5.10 Å². The molecule has 1 fully saturated rings. The predicted molar refractivity (Wildman–Crippen MR) is 89.9 cm³/mol. The number of rotatable bonds is 4. The van der Waals surface area contributed by atoms with Crippen molar-refractivity contribution >= 4 is 11.6 Å². The zero-order chi connectivity index (χ0) is 15.6. The summed E-state index contributed by atoms with van der Waals surface area (Å²) in [5.74, 6) is 1.40. The second kappa shape index (κ2) is 6.05. The van der Waals surface area contributed by atoms with Crippen molar-refractivity contribution in [2.24, 2.45) is 0 Å². The highest BCUT2D eigenvalue weighted by molar-refractivity contribution is 6.29. The molecule has 0 aliphatic heterocycles. The monoisotopic (exact) mass is 325 g/mol. The van der Waals surface area contributed by atoms with E-state index in [0.717, 1.165) is 17.0 Å². The average molecular weight is 326 g/mol. The van der Waals surface area contributed by atoms with Gasteiger partial charge in [-0.05, 0) is 25.3 Å². The van der Waals surface area contributed by atoms with E-state index in [1.54, 1.807) is 18.3 Å². The molecule has 1 aliphatic carbocycles. The molecule has 0 spiro atoms. The average Bonchev–Trinajstić information content (AvgIpc) is 2.90. The zero-order valence-corrected chi connectivity index (χ0v) is 13.3. The van der Waals surface area contributed by atoms with Crippen molar-refractivity contribution in [2.45, 2.75) is 25.3 Å². The van der Waals surface area contributed by atoms with Crippen molar-refractivity contribution < 1.29 is 4.74 Å². The number of nitrogens with zero attached hydrogens (tertiary/aromatic N) is 3. The van der Waals surface area contributed by atoms with Gasteiger partial charge in [0.05, 0.1) is 12.2 Å². The van der Waals surface area contributed by atoms with E-state index >= 15 is 0 Å². The first-order valence-electron chi connectivity index (χ1n) is 7.73. The maximum Gasteiger partial charge on any atom is 0.173 e. The van der Waals surface area contributed by atoms with E-state index in [4.69, 9.17) is 21.4 Å². The summed E-state index contributed by atoms with van der Waals surface area (Å²) >= 11 is 5.94. The Bertz CT molecular complexity index is 812. The van der Waals surface area contributed by atoms with Crippen LogP contribution in [0, 0.1) is 0 Å². The van der Waals surface area contributed by atoms with Gasteiger partial charge >= 0.3 is 0 Å². The molecule has 0 atom stereocenters. The van der Waals surface area contributed by atoms with Crippen LogP contribution in [0.5, 0.6) is 11.5 Å². The molecule has 0 amide bonds. The molecule has 0 bridgehead atoms. The van der Waals surface area contributed by atoms with E-state index < -0.39 is 0 Å². The number of halogens is 1. The molecule has 116 valence electrons. The zero-order valence-electron chi connectivity index (χ0n) is 12.5.